The second-order valence-corrected chi connectivity index (χ2v) is 4.87. The van der Waals surface area contributed by atoms with E-state index in [1.165, 1.54) is 6.42 Å². The molecule has 0 aromatic rings. The number of rotatable bonds is 6. The molecule has 0 saturated carbocycles. The van der Waals surface area contributed by atoms with Gasteiger partial charge in [-0.25, -0.2) is 0 Å². The maximum absolute atomic E-state index is 3.74. The molecule has 4 heteroatoms. The molecule has 0 fully saturated rings. The first-order valence-corrected chi connectivity index (χ1v) is 5.27. The van der Waals surface area contributed by atoms with E-state index in [0.29, 0.717) is 0 Å². The summed E-state index contributed by atoms with van der Waals surface area (Å²) in [7, 11) is 0. The van der Waals surface area contributed by atoms with E-state index < -0.39 is 0 Å². The van der Waals surface area contributed by atoms with Gasteiger partial charge in [-0.15, -0.1) is 24.8 Å². The van der Waals surface area contributed by atoms with E-state index >= 15 is 0 Å². The summed E-state index contributed by atoms with van der Waals surface area (Å²) in [6.07, 6.45) is 7.52. The third kappa shape index (κ3) is 7.54. The molecule has 0 N–H and O–H groups in total. The van der Waals surface area contributed by atoms with Gasteiger partial charge >= 0.3 is 77.6 Å². The quantitative estimate of drug-likeness (QED) is 0.521. The van der Waals surface area contributed by atoms with Crippen molar-refractivity contribution < 1.29 is 19.4 Å². The zero-order chi connectivity index (χ0) is 8.10. The molecule has 0 spiro atoms. The summed E-state index contributed by atoms with van der Waals surface area (Å²) in [6.45, 7) is 9.50. The van der Waals surface area contributed by atoms with Crippen LogP contribution in [0.1, 0.15) is 6.42 Å². The van der Waals surface area contributed by atoms with E-state index in [9.17, 15) is 0 Å². The van der Waals surface area contributed by atoms with Gasteiger partial charge in [-0.05, 0) is 0 Å². The van der Waals surface area contributed by atoms with Gasteiger partial charge in [0.2, 0.25) is 0 Å². The van der Waals surface area contributed by atoms with Gasteiger partial charge in [-0.1, -0.05) is 0 Å². The Bertz CT molecular complexity index is 182. The molecule has 1 rings (SSSR count). The van der Waals surface area contributed by atoms with Crippen molar-refractivity contribution in [3.8, 4) is 0 Å². The Labute approximate surface area is 102 Å². The van der Waals surface area contributed by atoms with E-state index in [-0.39, 0.29) is 44.2 Å². The number of nitrogens with zero attached hydrogens (tertiary/aromatic N) is 1. The van der Waals surface area contributed by atoms with Crippen LogP contribution in [0.2, 0.25) is 0 Å². The molecule has 1 nitrogen and oxygen atoms in total. The molecule has 74 valence electrons. The first-order chi connectivity index (χ1) is 5.36. The number of hydrogen-bond acceptors (Lipinski definition) is 1. The van der Waals surface area contributed by atoms with Crippen molar-refractivity contribution in [1.29, 1.82) is 0 Å². The molecule has 0 aromatic heterocycles. The second kappa shape index (κ2) is 9.05. The summed E-state index contributed by atoms with van der Waals surface area (Å²) in [5, 5.41) is 0. The van der Waals surface area contributed by atoms with Crippen molar-refractivity contribution in [1.82, 2.24) is 3.38 Å². The zero-order valence-electron chi connectivity index (χ0n) is 7.53. The van der Waals surface area contributed by atoms with Crippen LogP contribution in [0.4, 0.5) is 0 Å². The van der Waals surface area contributed by atoms with Crippen LogP contribution in [-0.2, 0) is 19.4 Å². The van der Waals surface area contributed by atoms with Crippen molar-refractivity contribution >= 4 is 24.8 Å². The Morgan fingerprint density at radius 3 is 2.08 bits per heavy atom. The Morgan fingerprint density at radius 1 is 1.31 bits per heavy atom. The minimum atomic E-state index is 0. The van der Waals surface area contributed by atoms with Crippen LogP contribution < -0.4 is 0 Å². The van der Waals surface area contributed by atoms with Gasteiger partial charge in [0.25, 0.3) is 0 Å². The maximum Gasteiger partial charge on any atom is -0.147 e. The van der Waals surface area contributed by atoms with E-state index in [0.717, 1.165) is 13.1 Å². The predicted molar refractivity (Wildman–Crippen MR) is 59.2 cm³/mol. The first-order valence-electron chi connectivity index (χ1n) is 3.79. The summed E-state index contributed by atoms with van der Waals surface area (Å²) in [5.74, 6) is 0. The molecule has 0 saturated heterocycles. The Morgan fingerprint density at radius 2 is 1.77 bits per heavy atom. The van der Waals surface area contributed by atoms with Crippen molar-refractivity contribution in [3.63, 3.8) is 0 Å². The Kier molecular flexibility index (Phi) is 11.1. The minimum Gasteiger partial charge on any atom is -0.147 e. The van der Waals surface area contributed by atoms with Crippen LogP contribution in [0.25, 0.3) is 0 Å². The van der Waals surface area contributed by atoms with E-state index in [1.54, 1.807) is 3.88 Å². The molecule has 0 atom stereocenters. The van der Waals surface area contributed by atoms with Gasteiger partial charge in [0.05, 0.1) is 0 Å². The summed E-state index contributed by atoms with van der Waals surface area (Å²) in [4.78, 5) is 0. The van der Waals surface area contributed by atoms with Crippen LogP contribution in [0.3, 0.4) is 0 Å². The normalized spacial score (nSPS) is 11.9. The molecule has 1 aliphatic carbocycles. The molecule has 1 aliphatic rings. The molecular weight excluding hydrogens is 241 g/mol. The fraction of sp³-hybridized carbons (Fsp3) is 0.333. The smallest absolute Gasteiger partial charge is 0.147 e. The molecule has 0 heterocycles. The van der Waals surface area contributed by atoms with Crippen LogP contribution in [-0.4, -0.2) is 16.5 Å². The maximum atomic E-state index is 3.74. The van der Waals surface area contributed by atoms with Crippen molar-refractivity contribution in [2.24, 2.45) is 0 Å². The van der Waals surface area contributed by atoms with Gasteiger partial charge in [0.15, 0.2) is 0 Å². The third-order valence-corrected chi connectivity index (χ3v) is 3.56. The molecule has 0 bridgehead atoms. The predicted octanol–water partition coefficient (Wildman–Crippen LogP) is 2.79. The first kappa shape index (κ1) is 15.9. The molecule has 0 unspecified atom stereocenters. The van der Waals surface area contributed by atoms with Crippen molar-refractivity contribution in [2.45, 2.75) is 6.42 Å². The van der Waals surface area contributed by atoms with Gasteiger partial charge in [0, 0.05) is 0 Å². The van der Waals surface area contributed by atoms with E-state index in [1.807, 2.05) is 12.2 Å². The van der Waals surface area contributed by atoms with Crippen molar-refractivity contribution in [3.05, 3.63) is 35.3 Å². The SMILES string of the molecule is C=CC[N](CC=C)[Ti][C]1=CC1.Cl.Cl. The summed E-state index contributed by atoms with van der Waals surface area (Å²) < 4.78 is 4.12. The molecular formula is C9H15Cl2NTi. The monoisotopic (exact) mass is 255 g/mol. The Balaban J connectivity index is 0. The number of allylic oxidation sites excluding steroid dienone is 2. The molecule has 0 radical (unpaired) electrons. The molecule has 0 aliphatic heterocycles. The average molecular weight is 256 g/mol. The largest absolute Gasteiger partial charge is 0.147 e. The molecule has 0 amide bonds. The van der Waals surface area contributed by atoms with Crippen LogP contribution >= 0.6 is 24.8 Å². The van der Waals surface area contributed by atoms with Gasteiger partial charge in [-0.3, -0.25) is 0 Å². The van der Waals surface area contributed by atoms with Gasteiger partial charge in [-0.2, -0.15) is 0 Å². The fourth-order valence-electron chi connectivity index (χ4n) is 0.823. The van der Waals surface area contributed by atoms with Gasteiger partial charge < -0.3 is 0 Å². The summed E-state index contributed by atoms with van der Waals surface area (Å²) in [5.41, 5.74) is 0. The Hall–Kier alpha value is 0.474. The standard InChI is InChI=1S/C6H10N.C3H3.2ClH.Ti/c1-3-5-7-6-4-2;1-2-3-1;;;/h3-4H,1-2,5-6H2;1H,2H2;2*1H;/q-1;;;;+1. The van der Waals surface area contributed by atoms with Crippen LogP contribution in [0.5, 0.6) is 0 Å². The number of halogens is 2. The topological polar surface area (TPSA) is 3.24 Å². The number of hydrogen-bond donors (Lipinski definition) is 0. The molecule has 13 heavy (non-hydrogen) atoms. The zero-order valence-corrected chi connectivity index (χ0v) is 10.7. The third-order valence-electron chi connectivity index (χ3n) is 1.41. The van der Waals surface area contributed by atoms with E-state index in [2.05, 4.69) is 22.6 Å². The molecule has 0 aromatic carbocycles. The minimum absolute atomic E-state index is 0. The second-order valence-electron chi connectivity index (χ2n) is 2.53. The average Bonchev–Trinajstić information content (AvgIpc) is 2.73. The van der Waals surface area contributed by atoms with Gasteiger partial charge in [0.1, 0.15) is 0 Å². The summed E-state index contributed by atoms with van der Waals surface area (Å²) >= 11 is 0.0206. The van der Waals surface area contributed by atoms with Crippen molar-refractivity contribution in [2.75, 3.05) is 13.1 Å². The fourth-order valence-corrected chi connectivity index (χ4v) is 2.59. The summed E-state index contributed by atoms with van der Waals surface area (Å²) in [6, 6.07) is 0. The van der Waals surface area contributed by atoms with Crippen LogP contribution in [0.15, 0.2) is 35.3 Å². The van der Waals surface area contributed by atoms with E-state index in [4.69, 9.17) is 0 Å². The van der Waals surface area contributed by atoms with Crippen LogP contribution in [0, 0.1) is 0 Å².